The summed E-state index contributed by atoms with van der Waals surface area (Å²) in [5.41, 5.74) is -0.463. The number of ether oxygens (including phenoxy) is 1. The summed E-state index contributed by atoms with van der Waals surface area (Å²) in [5.74, 6) is 1.79. The fourth-order valence-electron chi connectivity index (χ4n) is 3.15. The number of carbonyl (C=O) groups excluding carboxylic acids is 1. The summed E-state index contributed by atoms with van der Waals surface area (Å²) in [6.07, 6.45) is 8.08. The van der Waals surface area contributed by atoms with Gasteiger partial charge in [-0.1, -0.05) is 0 Å². The summed E-state index contributed by atoms with van der Waals surface area (Å²) in [6, 6.07) is 4.44. The molecule has 116 valence electrons. The van der Waals surface area contributed by atoms with Crippen LogP contribution in [0.5, 0.6) is 0 Å². The number of furan rings is 1. The first-order valence-corrected chi connectivity index (χ1v) is 8.77. The highest BCUT2D eigenvalue weighted by molar-refractivity contribution is 7.99. The molecule has 2 aliphatic carbocycles. The molecule has 0 radical (unpaired) electrons. The van der Waals surface area contributed by atoms with Crippen LogP contribution in [0.2, 0.25) is 0 Å². The average Bonchev–Trinajstić information content (AvgIpc) is 3.16. The Morgan fingerprint density at radius 3 is 3.05 bits per heavy atom. The van der Waals surface area contributed by atoms with Gasteiger partial charge in [-0.05, 0) is 50.7 Å². The monoisotopic (exact) mass is 309 g/mol. The molecule has 3 rings (SSSR count). The number of methoxy groups -OCH3 is 1. The molecule has 2 saturated carbocycles. The molecule has 0 aromatic carbocycles. The van der Waals surface area contributed by atoms with Crippen LogP contribution < -0.4 is 5.32 Å². The molecule has 1 heterocycles. The van der Waals surface area contributed by atoms with Gasteiger partial charge in [0.15, 0.2) is 0 Å². The van der Waals surface area contributed by atoms with Crippen molar-refractivity contribution in [2.45, 2.75) is 61.1 Å². The fraction of sp³-hybridized carbons (Fsp3) is 0.688. The standard InChI is InChI=1S/C16H23NO3S/c1-19-15(18)16(17-12-6-7-12)8-2-5-14(10-16)21-11-13-4-3-9-20-13/h3-4,9,12,14,17H,2,5-8,10-11H2,1H3. The van der Waals surface area contributed by atoms with E-state index in [4.69, 9.17) is 9.15 Å². The van der Waals surface area contributed by atoms with E-state index in [1.165, 1.54) is 20.0 Å². The Hall–Kier alpha value is -0.940. The zero-order valence-electron chi connectivity index (χ0n) is 12.5. The fourth-order valence-corrected chi connectivity index (χ4v) is 4.45. The minimum atomic E-state index is -0.463. The van der Waals surface area contributed by atoms with Crippen molar-refractivity contribution < 1.29 is 13.9 Å². The molecule has 1 N–H and O–H groups in total. The van der Waals surface area contributed by atoms with Crippen LogP contribution in [0.3, 0.4) is 0 Å². The van der Waals surface area contributed by atoms with Crippen LogP contribution in [0.25, 0.3) is 0 Å². The van der Waals surface area contributed by atoms with Gasteiger partial charge in [-0.2, -0.15) is 11.8 Å². The third-order valence-corrected chi connectivity index (χ3v) is 5.71. The predicted octanol–water partition coefficient (Wildman–Crippen LogP) is 3.12. The molecule has 0 amide bonds. The summed E-state index contributed by atoms with van der Waals surface area (Å²) in [6.45, 7) is 0. The maximum atomic E-state index is 12.3. The molecule has 2 atom stereocenters. The second-order valence-electron chi connectivity index (χ2n) is 6.10. The molecule has 1 aromatic heterocycles. The van der Waals surface area contributed by atoms with E-state index in [0.29, 0.717) is 11.3 Å². The molecule has 21 heavy (non-hydrogen) atoms. The van der Waals surface area contributed by atoms with Gasteiger partial charge < -0.3 is 9.15 Å². The van der Waals surface area contributed by atoms with Gasteiger partial charge in [-0.3, -0.25) is 10.1 Å². The van der Waals surface area contributed by atoms with Crippen molar-refractivity contribution in [3.05, 3.63) is 24.2 Å². The molecule has 0 aliphatic heterocycles. The highest BCUT2D eigenvalue weighted by Crippen LogP contribution is 2.39. The maximum Gasteiger partial charge on any atom is 0.326 e. The average molecular weight is 309 g/mol. The van der Waals surface area contributed by atoms with Crippen LogP contribution >= 0.6 is 11.8 Å². The lowest BCUT2D eigenvalue weighted by atomic mass is 9.81. The molecule has 4 nitrogen and oxygen atoms in total. The van der Waals surface area contributed by atoms with Crippen LogP contribution in [0.1, 0.15) is 44.3 Å². The Morgan fingerprint density at radius 2 is 2.38 bits per heavy atom. The zero-order chi connectivity index (χ0) is 14.7. The van der Waals surface area contributed by atoms with Crippen molar-refractivity contribution in [1.82, 2.24) is 5.32 Å². The summed E-state index contributed by atoms with van der Waals surface area (Å²) in [5, 5.41) is 4.05. The van der Waals surface area contributed by atoms with Gasteiger partial charge in [0, 0.05) is 11.3 Å². The molecule has 2 fully saturated rings. The van der Waals surface area contributed by atoms with Crippen LogP contribution in [-0.4, -0.2) is 29.9 Å². The van der Waals surface area contributed by atoms with Gasteiger partial charge in [0.1, 0.15) is 11.3 Å². The van der Waals surface area contributed by atoms with Crippen LogP contribution in [-0.2, 0) is 15.3 Å². The Kier molecular flexibility index (Phi) is 4.60. The SMILES string of the molecule is COC(=O)C1(NC2CC2)CCCC(SCc2ccco2)C1. The molecule has 2 aliphatic rings. The molecule has 0 spiro atoms. The number of rotatable bonds is 6. The van der Waals surface area contributed by atoms with Gasteiger partial charge in [0.05, 0.1) is 19.1 Å². The number of hydrogen-bond acceptors (Lipinski definition) is 5. The van der Waals surface area contributed by atoms with E-state index in [9.17, 15) is 4.79 Å². The van der Waals surface area contributed by atoms with Crippen LogP contribution in [0, 0.1) is 0 Å². The highest BCUT2D eigenvalue weighted by atomic mass is 32.2. The topological polar surface area (TPSA) is 51.5 Å². The van der Waals surface area contributed by atoms with Gasteiger partial charge in [-0.15, -0.1) is 0 Å². The molecule has 2 unspecified atom stereocenters. The quantitative estimate of drug-likeness (QED) is 0.818. The Bertz CT molecular complexity index is 472. The largest absolute Gasteiger partial charge is 0.468 e. The lowest BCUT2D eigenvalue weighted by Gasteiger charge is -2.39. The third kappa shape index (κ3) is 3.64. The van der Waals surface area contributed by atoms with Crippen molar-refractivity contribution >= 4 is 17.7 Å². The summed E-state index contributed by atoms with van der Waals surface area (Å²) in [4.78, 5) is 12.3. The van der Waals surface area contributed by atoms with Crippen molar-refractivity contribution in [3.63, 3.8) is 0 Å². The lowest BCUT2D eigenvalue weighted by molar-refractivity contribution is -0.150. The first kappa shape index (κ1) is 15.0. The summed E-state index contributed by atoms with van der Waals surface area (Å²) in [7, 11) is 1.50. The van der Waals surface area contributed by atoms with Crippen molar-refractivity contribution in [2.24, 2.45) is 0 Å². The van der Waals surface area contributed by atoms with Gasteiger partial charge >= 0.3 is 5.97 Å². The number of nitrogens with one attached hydrogen (secondary N) is 1. The molecule has 5 heteroatoms. The number of esters is 1. The third-order valence-electron chi connectivity index (χ3n) is 4.38. The minimum absolute atomic E-state index is 0.0855. The van der Waals surface area contributed by atoms with Gasteiger partial charge in [0.25, 0.3) is 0 Å². The van der Waals surface area contributed by atoms with E-state index in [0.717, 1.165) is 37.2 Å². The van der Waals surface area contributed by atoms with E-state index in [-0.39, 0.29) is 5.97 Å². The first-order chi connectivity index (χ1) is 10.2. The highest BCUT2D eigenvalue weighted by Gasteiger charge is 2.46. The van der Waals surface area contributed by atoms with Crippen molar-refractivity contribution in [1.29, 1.82) is 0 Å². The van der Waals surface area contributed by atoms with E-state index < -0.39 is 5.54 Å². The predicted molar refractivity (Wildman–Crippen MR) is 83.2 cm³/mol. The first-order valence-electron chi connectivity index (χ1n) is 7.72. The van der Waals surface area contributed by atoms with E-state index in [1.807, 2.05) is 23.9 Å². The second-order valence-corrected chi connectivity index (χ2v) is 7.39. The van der Waals surface area contributed by atoms with Gasteiger partial charge in [0.2, 0.25) is 0 Å². The summed E-state index contributed by atoms with van der Waals surface area (Å²) >= 11 is 1.89. The van der Waals surface area contributed by atoms with E-state index in [1.54, 1.807) is 6.26 Å². The normalized spacial score (nSPS) is 29.3. The number of carbonyl (C=O) groups is 1. The Balaban J connectivity index is 1.62. The Morgan fingerprint density at radius 1 is 1.52 bits per heavy atom. The summed E-state index contributed by atoms with van der Waals surface area (Å²) < 4.78 is 10.5. The van der Waals surface area contributed by atoms with Crippen molar-refractivity contribution in [3.8, 4) is 0 Å². The number of thioether (sulfide) groups is 1. The number of hydrogen-bond donors (Lipinski definition) is 1. The van der Waals surface area contributed by atoms with Crippen LogP contribution in [0.15, 0.2) is 22.8 Å². The van der Waals surface area contributed by atoms with E-state index in [2.05, 4.69) is 5.32 Å². The minimum Gasteiger partial charge on any atom is -0.468 e. The Labute approximate surface area is 130 Å². The van der Waals surface area contributed by atoms with Crippen LogP contribution in [0.4, 0.5) is 0 Å². The molecule has 0 bridgehead atoms. The van der Waals surface area contributed by atoms with E-state index >= 15 is 0 Å². The molecule has 1 aromatic rings. The molecule has 0 saturated heterocycles. The molecular weight excluding hydrogens is 286 g/mol. The molecular formula is C16H23NO3S. The van der Waals surface area contributed by atoms with Gasteiger partial charge in [-0.25, -0.2) is 0 Å². The van der Waals surface area contributed by atoms with Crippen molar-refractivity contribution in [2.75, 3.05) is 7.11 Å². The zero-order valence-corrected chi connectivity index (χ0v) is 13.3. The lowest BCUT2D eigenvalue weighted by Crippen LogP contribution is -2.56. The second kappa shape index (κ2) is 6.44. The smallest absolute Gasteiger partial charge is 0.326 e. The maximum absolute atomic E-state index is 12.3.